The van der Waals surface area contributed by atoms with E-state index < -0.39 is 0 Å². The largest absolute Gasteiger partial charge is 0.462 e. The average molecular weight is 530 g/mol. The van der Waals surface area contributed by atoms with Crippen molar-refractivity contribution in [2.24, 2.45) is 0 Å². The molecule has 2 aliphatic heterocycles. The van der Waals surface area contributed by atoms with Crippen molar-refractivity contribution < 1.29 is 9.53 Å². The molecule has 3 aliphatic rings. The molecule has 0 N–H and O–H groups in total. The van der Waals surface area contributed by atoms with Gasteiger partial charge in [0.05, 0.1) is 24.2 Å². The van der Waals surface area contributed by atoms with E-state index in [1.54, 1.807) is 4.90 Å². The van der Waals surface area contributed by atoms with E-state index in [4.69, 9.17) is 14.7 Å². The lowest BCUT2D eigenvalue weighted by Crippen LogP contribution is -2.55. The van der Waals surface area contributed by atoms with Gasteiger partial charge in [-0.05, 0) is 58.0 Å². The molecule has 3 atom stereocenters. The summed E-state index contributed by atoms with van der Waals surface area (Å²) in [6.45, 7) is 8.95. The Bertz CT molecular complexity index is 1260. The Morgan fingerprint density at radius 3 is 2.85 bits per heavy atom. The fourth-order valence-electron chi connectivity index (χ4n) is 6.32. The van der Waals surface area contributed by atoms with Crippen LogP contribution in [0, 0.1) is 11.3 Å². The molecule has 3 heterocycles. The first kappa shape index (κ1) is 26.9. The van der Waals surface area contributed by atoms with E-state index in [1.165, 1.54) is 22.9 Å². The van der Waals surface area contributed by atoms with E-state index in [0.29, 0.717) is 44.3 Å². The fraction of sp³-hybridized carbons (Fsp3) is 0.533. The Hall–Kier alpha value is -3.64. The lowest BCUT2D eigenvalue weighted by Gasteiger charge is -2.42. The van der Waals surface area contributed by atoms with Crippen molar-refractivity contribution in [3.63, 3.8) is 0 Å². The summed E-state index contributed by atoms with van der Waals surface area (Å²) in [6, 6.07) is 12.0. The Kier molecular flexibility index (Phi) is 8.03. The van der Waals surface area contributed by atoms with Gasteiger partial charge in [-0.3, -0.25) is 4.79 Å². The maximum absolute atomic E-state index is 12.5. The minimum atomic E-state index is -0.212. The number of carbonyl (C=O) groups is 1. The third-order valence-corrected chi connectivity index (χ3v) is 8.20. The SMILES string of the molecule is C=CC(=O)N1CCN(c2nc(OCCN(C)C)nc3c2CC[C@@H](N2c4ccccc4C[C@@H]2C)C3)C[C@@H]1CC#N. The van der Waals surface area contributed by atoms with Crippen LogP contribution in [0.2, 0.25) is 0 Å². The highest BCUT2D eigenvalue weighted by molar-refractivity contribution is 5.87. The zero-order chi connectivity index (χ0) is 27.5. The highest BCUT2D eigenvalue weighted by Gasteiger charge is 2.37. The number of anilines is 2. The second kappa shape index (κ2) is 11.6. The summed E-state index contributed by atoms with van der Waals surface area (Å²) in [5.74, 6) is 0.761. The van der Waals surface area contributed by atoms with Crippen LogP contribution in [0.3, 0.4) is 0 Å². The minimum absolute atomic E-state index is 0.129. The first-order valence-electron chi connectivity index (χ1n) is 14.0. The molecule has 0 saturated carbocycles. The van der Waals surface area contributed by atoms with Crippen LogP contribution >= 0.6 is 0 Å². The van der Waals surface area contributed by atoms with Gasteiger partial charge in [-0.25, -0.2) is 0 Å². The van der Waals surface area contributed by atoms with Gasteiger partial charge in [0.25, 0.3) is 0 Å². The molecule has 2 aromatic rings. The van der Waals surface area contributed by atoms with E-state index in [2.05, 4.69) is 58.5 Å². The van der Waals surface area contributed by atoms with Crippen molar-refractivity contribution in [3.8, 4) is 12.1 Å². The van der Waals surface area contributed by atoms with Gasteiger partial charge in [0.2, 0.25) is 5.91 Å². The quantitative estimate of drug-likeness (QED) is 0.483. The molecular weight excluding hydrogens is 490 g/mol. The number of carbonyl (C=O) groups excluding carboxylic acids is 1. The highest BCUT2D eigenvalue weighted by atomic mass is 16.5. The zero-order valence-corrected chi connectivity index (χ0v) is 23.3. The second-order valence-corrected chi connectivity index (χ2v) is 11.1. The first-order valence-corrected chi connectivity index (χ1v) is 14.0. The Labute approximate surface area is 231 Å². The smallest absolute Gasteiger partial charge is 0.318 e. The Morgan fingerprint density at radius 2 is 2.08 bits per heavy atom. The molecule has 5 rings (SSSR count). The number of para-hydroxylation sites is 1. The number of hydrogen-bond donors (Lipinski definition) is 0. The molecule has 206 valence electrons. The van der Waals surface area contributed by atoms with Crippen LogP contribution in [-0.2, 0) is 24.1 Å². The molecule has 9 heteroatoms. The number of fused-ring (bicyclic) bond motifs is 2. The molecule has 1 aromatic heterocycles. The van der Waals surface area contributed by atoms with Crippen LogP contribution in [-0.4, -0.2) is 90.7 Å². The molecule has 0 spiro atoms. The summed E-state index contributed by atoms with van der Waals surface area (Å²) in [4.78, 5) is 31.0. The molecule has 1 saturated heterocycles. The van der Waals surface area contributed by atoms with Crippen LogP contribution in [0.4, 0.5) is 11.5 Å². The number of ether oxygens (including phenoxy) is 1. The third kappa shape index (κ3) is 5.57. The van der Waals surface area contributed by atoms with Gasteiger partial charge >= 0.3 is 6.01 Å². The van der Waals surface area contributed by atoms with Crippen molar-refractivity contribution in [2.45, 2.75) is 57.2 Å². The first-order chi connectivity index (χ1) is 18.9. The lowest BCUT2D eigenvalue weighted by molar-refractivity contribution is -0.128. The van der Waals surface area contributed by atoms with Crippen molar-refractivity contribution in [1.82, 2.24) is 19.8 Å². The predicted octanol–water partition coefficient (Wildman–Crippen LogP) is 2.84. The lowest BCUT2D eigenvalue weighted by atomic mass is 9.90. The predicted molar refractivity (Wildman–Crippen MR) is 152 cm³/mol. The molecule has 39 heavy (non-hydrogen) atoms. The second-order valence-electron chi connectivity index (χ2n) is 11.1. The van der Waals surface area contributed by atoms with E-state index >= 15 is 0 Å². The minimum Gasteiger partial charge on any atom is -0.462 e. The molecular formula is C30H39N7O2. The zero-order valence-electron chi connectivity index (χ0n) is 23.3. The van der Waals surface area contributed by atoms with E-state index in [9.17, 15) is 10.1 Å². The molecule has 0 bridgehead atoms. The van der Waals surface area contributed by atoms with Gasteiger partial charge in [0, 0.05) is 55.9 Å². The number of nitrogens with zero attached hydrogens (tertiary/aromatic N) is 7. The molecule has 1 amide bonds. The molecule has 1 fully saturated rings. The summed E-state index contributed by atoms with van der Waals surface area (Å²) in [6.07, 6.45) is 5.42. The molecule has 1 aromatic carbocycles. The summed E-state index contributed by atoms with van der Waals surface area (Å²) < 4.78 is 6.07. The van der Waals surface area contributed by atoms with Crippen LogP contribution in [0.1, 0.15) is 36.6 Å². The van der Waals surface area contributed by atoms with Gasteiger partial charge in [-0.1, -0.05) is 24.8 Å². The van der Waals surface area contributed by atoms with E-state index in [-0.39, 0.29) is 18.4 Å². The number of rotatable bonds is 8. The Morgan fingerprint density at radius 1 is 1.26 bits per heavy atom. The average Bonchev–Trinajstić information content (AvgIpc) is 3.27. The summed E-state index contributed by atoms with van der Waals surface area (Å²) >= 11 is 0. The topological polar surface area (TPSA) is 88.8 Å². The normalized spacial score (nSPS) is 22.3. The number of nitriles is 1. The van der Waals surface area contributed by atoms with Crippen LogP contribution < -0.4 is 14.5 Å². The molecule has 0 unspecified atom stereocenters. The number of benzene rings is 1. The van der Waals surface area contributed by atoms with Crippen molar-refractivity contribution >= 4 is 17.4 Å². The van der Waals surface area contributed by atoms with Gasteiger partial charge in [0.15, 0.2) is 0 Å². The van der Waals surface area contributed by atoms with Crippen molar-refractivity contribution in [1.29, 1.82) is 5.26 Å². The van der Waals surface area contributed by atoms with E-state index in [1.807, 2.05) is 14.1 Å². The molecule has 1 aliphatic carbocycles. The van der Waals surface area contributed by atoms with Crippen LogP contribution in [0.25, 0.3) is 0 Å². The van der Waals surface area contributed by atoms with Crippen molar-refractivity contribution in [2.75, 3.05) is 56.7 Å². The van der Waals surface area contributed by atoms with Crippen LogP contribution in [0.5, 0.6) is 6.01 Å². The number of piperazine rings is 1. The highest BCUT2D eigenvalue weighted by Crippen LogP contribution is 2.39. The fourth-order valence-corrected chi connectivity index (χ4v) is 6.32. The summed E-state index contributed by atoms with van der Waals surface area (Å²) in [5, 5.41) is 9.46. The van der Waals surface area contributed by atoms with Crippen molar-refractivity contribution in [3.05, 3.63) is 53.7 Å². The summed E-state index contributed by atoms with van der Waals surface area (Å²) in [5.41, 5.74) is 4.99. The van der Waals surface area contributed by atoms with Gasteiger partial charge in [0.1, 0.15) is 12.4 Å². The number of hydrogen-bond acceptors (Lipinski definition) is 8. The van der Waals surface area contributed by atoms with Gasteiger partial charge in [-0.2, -0.15) is 15.2 Å². The maximum atomic E-state index is 12.5. The number of amides is 1. The Balaban J connectivity index is 1.45. The van der Waals surface area contributed by atoms with Gasteiger partial charge in [-0.15, -0.1) is 0 Å². The maximum Gasteiger partial charge on any atom is 0.318 e. The van der Waals surface area contributed by atoms with Gasteiger partial charge < -0.3 is 24.3 Å². The number of aromatic nitrogens is 2. The monoisotopic (exact) mass is 529 g/mol. The number of likely N-dealkylation sites (N-methyl/N-ethyl adjacent to an activating group) is 1. The molecule has 0 radical (unpaired) electrons. The summed E-state index contributed by atoms with van der Waals surface area (Å²) in [7, 11) is 4.03. The van der Waals surface area contributed by atoms with E-state index in [0.717, 1.165) is 43.7 Å². The van der Waals surface area contributed by atoms with Crippen LogP contribution in [0.15, 0.2) is 36.9 Å². The third-order valence-electron chi connectivity index (χ3n) is 8.20. The standard InChI is InChI=1S/C30H39N7O2/c1-5-28(38)36-15-14-35(20-24(36)12-13-31)29-25-11-10-23(37-21(2)18-22-8-6-7-9-27(22)37)19-26(25)32-30(33-29)39-17-16-34(3)4/h5-9,21,23-24H,1,10-12,14-20H2,2-4H3/t21-,23+,24-/m0/s1. The molecule has 9 nitrogen and oxygen atoms in total.